The fraction of sp³-hybridized carbons (Fsp3) is 0.846. The Kier molecular flexibility index (Phi) is 6.18. The third-order valence-corrected chi connectivity index (χ3v) is 9.33. The first-order valence-electron chi connectivity index (χ1n) is 12.4. The summed E-state index contributed by atoms with van der Waals surface area (Å²) < 4.78 is 5.83. The van der Waals surface area contributed by atoms with Crippen LogP contribution in [-0.2, 0) is 14.3 Å². The number of carbonyl (C=O) groups is 2. The van der Waals surface area contributed by atoms with Crippen molar-refractivity contribution in [2.24, 2.45) is 28.6 Å². The van der Waals surface area contributed by atoms with Gasteiger partial charge in [-0.3, -0.25) is 9.59 Å². The lowest BCUT2D eigenvalue weighted by Crippen LogP contribution is -2.54. The Bertz CT molecular complexity index is 712. The molecule has 0 amide bonds. The van der Waals surface area contributed by atoms with Crippen molar-refractivity contribution in [3.8, 4) is 0 Å². The zero-order valence-electron chi connectivity index (χ0n) is 19.1. The number of ketones is 1. The van der Waals surface area contributed by atoms with E-state index < -0.39 is 6.10 Å². The zero-order chi connectivity index (χ0) is 21.5. The number of unbranched alkanes of at least 4 members (excludes halogenated alkanes) is 3. The van der Waals surface area contributed by atoms with Gasteiger partial charge in [0.2, 0.25) is 0 Å². The molecule has 3 fully saturated rings. The third-order valence-electron chi connectivity index (χ3n) is 9.33. The summed E-state index contributed by atoms with van der Waals surface area (Å²) in [4.78, 5) is 24.9. The van der Waals surface area contributed by atoms with Crippen molar-refractivity contribution >= 4 is 11.8 Å². The average Bonchev–Trinajstić information content (AvgIpc) is 3.01. The van der Waals surface area contributed by atoms with Crippen LogP contribution in [0.5, 0.6) is 0 Å². The second kappa shape index (κ2) is 8.41. The van der Waals surface area contributed by atoms with E-state index >= 15 is 0 Å². The van der Waals surface area contributed by atoms with E-state index in [1.165, 1.54) is 18.4 Å². The fourth-order valence-corrected chi connectivity index (χ4v) is 7.43. The highest BCUT2D eigenvalue weighted by atomic mass is 16.5. The van der Waals surface area contributed by atoms with Crippen molar-refractivity contribution < 1.29 is 19.4 Å². The minimum atomic E-state index is -0.475. The Labute approximate surface area is 181 Å². The molecule has 4 heteroatoms. The van der Waals surface area contributed by atoms with Gasteiger partial charge in [-0.15, -0.1) is 0 Å². The molecule has 0 bridgehead atoms. The van der Waals surface area contributed by atoms with E-state index in [9.17, 15) is 14.7 Å². The lowest BCUT2D eigenvalue weighted by molar-refractivity contribution is -0.152. The van der Waals surface area contributed by atoms with Gasteiger partial charge in [-0.1, -0.05) is 51.7 Å². The predicted molar refractivity (Wildman–Crippen MR) is 117 cm³/mol. The van der Waals surface area contributed by atoms with Gasteiger partial charge in [0.15, 0.2) is 0 Å². The van der Waals surface area contributed by atoms with E-state index in [0.29, 0.717) is 30.5 Å². The molecule has 0 saturated heterocycles. The van der Waals surface area contributed by atoms with Gasteiger partial charge in [0.05, 0.1) is 6.10 Å². The minimum Gasteiger partial charge on any atom is -0.462 e. The summed E-state index contributed by atoms with van der Waals surface area (Å²) >= 11 is 0. The molecule has 0 aromatic heterocycles. The van der Waals surface area contributed by atoms with E-state index in [-0.39, 0.29) is 28.8 Å². The first-order chi connectivity index (χ1) is 14.3. The molecule has 4 aliphatic rings. The van der Waals surface area contributed by atoms with Crippen molar-refractivity contribution in [2.75, 3.05) is 0 Å². The third kappa shape index (κ3) is 3.67. The Morgan fingerprint density at radius 3 is 2.60 bits per heavy atom. The van der Waals surface area contributed by atoms with Crippen LogP contribution in [0, 0.1) is 28.6 Å². The summed E-state index contributed by atoms with van der Waals surface area (Å²) in [5, 5.41) is 11.1. The van der Waals surface area contributed by atoms with E-state index in [2.05, 4.69) is 26.8 Å². The number of esters is 1. The van der Waals surface area contributed by atoms with Crippen molar-refractivity contribution in [3.05, 3.63) is 11.6 Å². The largest absolute Gasteiger partial charge is 0.462 e. The molecule has 3 unspecified atom stereocenters. The quantitative estimate of drug-likeness (QED) is 0.359. The molecule has 30 heavy (non-hydrogen) atoms. The molecule has 168 valence electrons. The second-order valence-electron chi connectivity index (χ2n) is 11.0. The van der Waals surface area contributed by atoms with Crippen LogP contribution in [0.25, 0.3) is 0 Å². The predicted octanol–water partition coefficient (Wildman–Crippen LogP) is 5.37. The van der Waals surface area contributed by atoms with E-state index in [1.54, 1.807) is 0 Å². The second-order valence-corrected chi connectivity index (χ2v) is 11.0. The number of aliphatic hydroxyl groups is 1. The molecule has 0 radical (unpaired) electrons. The van der Waals surface area contributed by atoms with E-state index in [4.69, 9.17) is 4.74 Å². The molecular weight excluding hydrogens is 376 g/mol. The average molecular weight is 417 g/mol. The highest BCUT2D eigenvalue weighted by Gasteiger charge is 2.60. The van der Waals surface area contributed by atoms with Crippen LogP contribution in [0.1, 0.15) is 97.8 Å². The normalized spacial score (nSPS) is 42.7. The first-order valence-corrected chi connectivity index (χ1v) is 12.4. The van der Waals surface area contributed by atoms with Gasteiger partial charge >= 0.3 is 5.97 Å². The van der Waals surface area contributed by atoms with Crippen LogP contribution < -0.4 is 0 Å². The standard InChI is InChI=1S/C26H40O4/c1-4-5-6-7-8-23(29)30-18-11-13-25(2)17(15-18)16-21(27)24-19-9-10-22(28)26(19,3)14-12-20(24)25/h16,18-21,24,27H,4-15H2,1-3H3/t18-,19?,20?,21+,24?,25-,26-/m0/s1. The maximum Gasteiger partial charge on any atom is 0.306 e. The van der Waals surface area contributed by atoms with Crippen molar-refractivity contribution in [3.63, 3.8) is 0 Å². The number of rotatable bonds is 6. The summed E-state index contributed by atoms with van der Waals surface area (Å²) in [7, 11) is 0. The smallest absolute Gasteiger partial charge is 0.306 e. The molecule has 7 atom stereocenters. The maximum absolute atomic E-state index is 12.6. The molecule has 4 nitrogen and oxygen atoms in total. The first kappa shape index (κ1) is 22.0. The van der Waals surface area contributed by atoms with Gasteiger partial charge in [0.25, 0.3) is 0 Å². The molecule has 0 aromatic rings. The maximum atomic E-state index is 12.6. The van der Waals surface area contributed by atoms with Crippen LogP contribution in [0.2, 0.25) is 0 Å². The Morgan fingerprint density at radius 1 is 1.10 bits per heavy atom. The number of hydrogen-bond acceptors (Lipinski definition) is 4. The van der Waals surface area contributed by atoms with Crippen LogP contribution >= 0.6 is 0 Å². The molecule has 0 aliphatic heterocycles. The lowest BCUT2D eigenvalue weighted by Gasteiger charge is -2.58. The van der Waals surface area contributed by atoms with Gasteiger partial charge in [-0.2, -0.15) is 0 Å². The molecular formula is C26H40O4. The number of carbonyl (C=O) groups excluding carboxylic acids is 2. The van der Waals surface area contributed by atoms with Gasteiger partial charge in [-0.25, -0.2) is 0 Å². The number of fused-ring (bicyclic) bond motifs is 5. The van der Waals surface area contributed by atoms with Gasteiger partial charge < -0.3 is 9.84 Å². The number of ether oxygens (including phenoxy) is 1. The van der Waals surface area contributed by atoms with Crippen molar-refractivity contribution in [1.29, 1.82) is 0 Å². The Morgan fingerprint density at radius 2 is 1.83 bits per heavy atom. The highest BCUT2D eigenvalue weighted by Crippen LogP contribution is 2.64. The van der Waals surface area contributed by atoms with Crippen molar-refractivity contribution in [1.82, 2.24) is 0 Å². The monoisotopic (exact) mass is 416 g/mol. The molecule has 4 aliphatic carbocycles. The van der Waals surface area contributed by atoms with E-state index in [1.807, 2.05) is 0 Å². The topological polar surface area (TPSA) is 63.6 Å². The molecule has 0 heterocycles. The number of Topliss-reactive ketones (excluding diaryl/α,β-unsaturated/α-hetero) is 1. The molecule has 0 spiro atoms. The summed E-state index contributed by atoms with van der Waals surface area (Å²) in [6.07, 6.45) is 12.7. The molecule has 0 aromatic carbocycles. The summed E-state index contributed by atoms with van der Waals surface area (Å²) in [6, 6.07) is 0. The summed E-state index contributed by atoms with van der Waals surface area (Å²) in [5.41, 5.74) is 1.13. The fourth-order valence-electron chi connectivity index (χ4n) is 7.43. The lowest BCUT2D eigenvalue weighted by atomic mass is 9.47. The minimum absolute atomic E-state index is 0.0475. The van der Waals surface area contributed by atoms with Crippen LogP contribution in [-0.4, -0.2) is 29.1 Å². The van der Waals surface area contributed by atoms with Gasteiger partial charge in [-0.05, 0) is 61.7 Å². The van der Waals surface area contributed by atoms with Crippen LogP contribution in [0.3, 0.4) is 0 Å². The zero-order valence-corrected chi connectivity index (χ0v) is 19.1. The number of aliphatic hydroxyl groups excluding tert-OH is 1. The van der Waals surface area contributed by atoms with Gasteiger partial charge in [0.1, 0.15) is 11.9 Å². The molecule has 3 saturated carbocycles. The summed E-state index contributed by atoms with van der Waals surface area (Å²) in [6.45, 7) is 6.69. The van der Waals surface area contributed by atoms with Crippen LogP contribution in [0.15, 0.2) is 11.6 Å². The van der Waals surface area contributed by atoms with Crippen LogP contribution in [0.4, 0.5) is 0 Å². The molecule has 1 N–H and O–H groups in total. The van der Waals surface area contributed by atoms with Gasteiger partial charge in [0, 0.05) is 24.7 Å². The Balaban J connectivity index is 1.44. The highest BCUT2D eigenvalue weighted by molar-refractivity contribution is 5.87. The SMILES string of the molecule is CCCCCCC(=O)O[C@H]1CC[C@@]2(C)C(=C[C@@H](O)C3C2CC[C@]2(C)C(=O)CCC32)C1. The van der Waals surface area contributed by atoms with Crippen molar-refractivity contribution in [2.45, 2.75) is 110 Å². The molecule has 4 rings (SSSR count). The Hall–Kier alpha value is -1.16. The van der Waals surface area contributed by atoms with E-state index in [0.717, 1.165) is 51.4 Å². The number of hydrogen-bond donors (Lipinski definition) is 1. The summed E-state index contributed by atoms with van der Waals surface area (Å²) in [5.74, 6) is 1.29.